The summed E-state index contributed by atoms with van der Waals surface area (Å²) in [6, 6.07) is 10.1. The predicted molar refractivity (Wildman–Crippen MR) is 73.3 cm³/mol. The monoisotopic (exact) mass is 246 g/mol. The highest BCUT2D eigenvalue weighted by Gasteiger charge is 2.20. The van der Waals surface area contributed by atoms with Crippen molar-refractivity contribution in [2.24, 2.45) is 0 Å². The number of carbonyl (C=O) groups excluding carboxylic acids is 1. The molecule has 0 aliphatic carbocycles. The molecule has 2 rings (SSSR count). The lowest BCUT2D eigenvalue weighted by Gasteiger charge is -2.20. The molecule has 2 unspecified atom stereocenters. The van der Waals surface area contributed by atoms with E-state index in [1.54, 1.807) is 0 Å². The van der Waals surface area contributed by atoms with E-state index in [1.807, 2.05) is 37.3 Å². The third-order valence-electron chi connectivity index (χ3n) is 3.54. The third kappa shape index (κ3) is 3.57. The van der Waals surface area contributed by atoms with E-state index in [1.165, 1.54) is 12.8 Å². The summed E-state index contributed by atoms with van der Waals surface area (Å²) in [6.45, 7) is 2.99. The number of hydrogen-bond acceptors (Lipinski definition) is 2. The molecule has 1 aromatic rings. The van der Waals surface area contributed by atoms with Crippen molar-refractivity contribution >= 4 is 5.91 Å². The van der Waals surface area contributed by atoms with E-state index in [4.69, 9.17) is 0 Å². The summed E-state index contributed by atoms with van der Waals surface area (Å²) in [5, 5.41) is 6.42. The largest absolute Gasteiger partial charge is 0.348 e. The van der Waals surface area contributed by atoms with Crippen molar-refractivity contribution in [3.05, 3.63) is 35.9 Å². The molecule has 0 spiro atoms. The third-order valence-corrected chi connectivity index (χ3v) is 3.54. The molecular formula is C15H22N2O. The molecule has 1 aliphatic heterocycles. The fourth-order valence-electron chi connectivity index (χ4n) is 2.39. The van der Waals surface area contributed by atoms with Crippen LogP contribution < -0.4 is 10.6 Å². The molecule has 1 saturated heterocycles. The van der Waals surface area contributed by atoms with Gasteiger partial charge in [0, 0.05) is 0 Å². The van der Waals surface area contributed by atoms with Crippen LogP contribution in [0.2, 0.25) is 0 Å². The minimum atomic E-state index is -0.0151. The summed E-state index contributed by atoms with van der Waals surface area (Å²) >= 11 is 0. The number of nitrogens with one attached hydrogen (secondary N) is 2. The molecule has 1 fully saturated rings. The molecule has 2 N–H and O–H groups in total. The number of amides is 1. The fourth-order valence-corrected chi connectivity index (χ4v) is 2.39. The minimum Gasteiger partial charge on any atom is -0.348 e. The van der Waals surface area contributed by atoms with Crippen LogP contribution in [0.25, 0.3) is 0 Å². The van der Waals surface area contributed by atoms with Crippen molar-refractivity contribution in [3.8, 4) is 0 Å². The number of hydrogen-bond donors (Lipinski definition) is 2. The van der Waals surface area contributed by atoms with Crippen LogP contribution in [-0.4, -0.2) is 18.5 Å². The van der Waals surface area contributed by atoms with Crippen LogP contribution >= 0.6 is 0 Å². The van der Waals surface area contributed by atoms with E-state index in [0.717, 1.165) is 24.9 Å². The molecule has 0 bridgehead atoms. The molecule has 2 atom stereocenters. The van der Waals surface area contributed by atoms with E-state index in [-0.39, 0.29) is 18.0 Å². The molecule has 0 radical (unpaired) electrons. The van der Waals surface area contributed by atoms with E-state index in [9.17, 15) is 4.79 Å². The van der Waals surface area contributed by atoms with Gasteiger partial charge in [0.05, 0.1) is 12.1 Å². The molecule has 1 heterocycles. The van der Waals surface area contributed by atoms with Crippen molar-refractivity contribution in [3.63, 3.8) is 0 Å². The van der Waals surface area contributed by atoms with Crippen molar-refractivity contribution in [2.75, 3.05) is 6.54 Å². The molecule has 0 aromatic heterocycles. The molecule has 98 valence electrons. The normalized spacial score (nSPS) is 21.9. The van der Waals surface area contributed by atoms with Gasteiger partial charge in [0.1, 0.15) is 0 Å². The van der Waals surface area contributed by atoms with Crippen molar-refractivity contribution in [1.82, 2.24) is 10.6 Å². The van der Waals surface area contributed by atoms with Crippen molar-refractivity contribution in [1.29, 1.82) is 0 Å². The molecule has 1 aromatic carbocycles. The van der Waals surface area contributed by atoms with Gasteiger partial charge in [-0.2, -0.15) is 0 Å². The zero-order chi connectivity index (χ0) is 12.8. The molecule has 3 nitrogen and oxygen atoms in total. The van der Waals surface area contributed by atoms with Gasteiger partial charge in [-0.1, -0.05) is 43.2 Å². The maximum atomic E-state index is 12.2. The minimum absolute atomic E-state index is 0.0151. The second-order valence-corrected chi connectivity index (χ2v) is 5.00. The Balaban J connectivity index is 1.90. The van der Waals surface area contributed by atoms with Crippen LogP contribution in [0.4, 0.5) is 0 Å². The Morgan fingerprint density at radius 2 is 2.06 bits per heavy atom. The Morgan fingerprint density at radius 3 is 2.83 bits per heavy atom. The molecular weight excluding hydrogens is 224 g/mol. The summed E-state index contributed by atoms with van der Waals surface area (Å²) in [5.41, 5.74) is 1.15. The second-order valence-electron chi connectivity index (χ2n) is 5.00. The quantitative estimate of drug-likeness (QED) is 0.860. The number of rotatable bonds is 3. The van der Waals surface area contributed by atoms with Crippen LogP contribution in [0.1, 0.15) is 44.2 Å². The van der Waals surface area contributed by atoms with Crippen LogP contribution in [0.5, 0.6) is 0 Å². The van der Waals surface area contributed by atoms with Gasteiger partial charge in [0.15, 0.2) is 0 Å². The Kier molecular flexibility index (Phi) is 4.76. The predicted octanol–water partition coefficient (Wildman–Crippen LogP) is 2.40. The zero-order valence-corrected chi connectivity index (χ0v) is 11.0. The van der Waals surface area contributed by atoms with Crippen molar-refractivity contribution < 1.29 is 4.79 Å². The van der Waals surface area contributed by atoms with Gasteiger partial charge in [0.25, 0.3) is 0 Å². The molecule has 18 heavy (non-hydrogen) atoms. The number of benzene rings is 1. The van der Waals surface area contributed by atoms with Gasteiger partial charge >= 0.3 is 0 Å². The summed E-state index contributed by atoms with van der Waals surface area (Å²) in [7, 11) is 0. The van der Waals surface area contributed by atoms with Gasteiger partial charge in [-0.3, -0.25) is 4.79 Å². The van der Waals surface area contributed by atoms with Gasteiger partial charge < -0.3 is 10.6 Å². The van der Waals surface area contributed by atoms with Gasteiger partial charge in [0.2, 0.25) is 5.91 Å². The SMILES string of the molecule is CC(NC(=O)C1CCCCCN1)c1ccccc1. The Labute approximate surface area is 109 Å². The molecule has 0 saturated carbocycles. The maximum absolute atomic E-state index is 12.2. The average Bonchev–Trinajstić information content (AvgIpc) is 2.68. The first-order chi connectivity index (χ1) is 8.77. The zero-order valence-electron chi connectivity index (χ0n) is 11.0. The molecule has 3 heteroatoms. The smallest absolute Gasteiger partial charge is 0.237 e. The highest BCUT2D eigenvalue weighted by Crippen LogP contribution is 2.13. The summed E-state index contributed by atoms with van der Waals surface area (Å²) < 4.78 is 0. The Bertz CT molecular complexity index is 369. The standard InChI is InChI=1S/C15H22N2O/c1-12(13-8-4-2-5-9-13)17-15(18)14-10-6-3-7-11-16-14/h2,4-5,8-9,12,14,16H,3,6-7,10-11H2,1H3,(H,17,18). The Hall–Kier alpha value is -1.35. The first kappa shape index (κ1) is 13.1. The topological polar surface area (TPSA) is 41.1 Å². The first-order valence-corrected chi connectivity index (χ1v) is 6.86. The highest BCUT2D eigenvalue weighted by atomic mass is 16.2. The van der Waals surface area contributed by atoms with Crippen LogP contribution in [0.3, 0.4) is 0 Å². The summed E-state index contributed by atoms with van der Waals surface area (Å²) in [5.74, 6) is 0.133. The van der Waals surface area contributed by atoms with E-state index in [2.05, 4.69) is 10.6 Å². The molecule has 1 amide bonds. The van der Waals surface area contributed by atoms with Crippen LogP contribution in [0, 0.1) is 0 Å². The Morgan fingerprint density at radius 1 is 1.28 bits per heavy atom. The van der Waals surface area contributed by atoms with E-state index in [0.29, 0.717) is 0 Å². The summed E-state index contributed by atoms with van der Waals surface area (Å²) in [6.07, 6.45) is 4.50. The van der Waals surface area contributed by atoms with Crippen LogP contribution in [-0.2, 0) is 4.79 Å². The van der Waals surface area contributed by atoms with E-state index < -0.39 is 0 Å². The lowest BCUT2D eigenvalue weighted by atomic mass is 10.1. The first-order valence-electron chi connectivity index (χ1n) is 6.86. The lowest BCUT2D eigenvalue weighted by Crippen LogP contribution is -2.44. The highest BCUT2D eigenvalue weighted by molar-refractivity contribution is 5.82. The van der Waals surface area contributed by atoms with E-state index >= 15 is 0 Å². The lowest BCUT2D eigenvalue weighted by molar-refractivity contribution is -0.123. The fraction of sp³-hybridized carbons (Fsp3) is 0.533. The summed E-state index contributed by atoms with van der Waals surface area (Å²) in [4.78, 5) is 12.2. The van der Waals surface area contributed by atoms with Gasteiger partial charge in [-0.05, 0) is 31.9 Å². The molecule has 1 aliphatic rings. The average molecular weight is 246 g/mol. The van der Waals surface area contributed by atoms with Gasteiger partial charge in [-0.15, -0.1) is 0 Å². The maximum Gasteiger partial charge on any atom is 0.237 e. The van der Waals surface area contributed by atoms with Crippen LogP contribution in [0.15, 0.2) is 30.3 Å². The number of carbonyl (C=O) groups is 1. The van der Waals surface area contributed by atoms with Crippen molar-refractivity contribution in [2.45, 2.75) is 44.7 Å². The second kappa shape index (κ2) is 6.55. The van der Waals surface area contributed by atoms with Gasteiger partial charge in [-0.25, -0.2) is 0 Å².